The van der Waals surface area contributed by atoms with E-state index >= 15 is 0 Å². The van der Waals surface area contributed by atoms with Crippen molar-refractivity contribution in [2.45, 2.75) is 25.7 Å². The Bertz CT molecular complexity index is 403. The Morgan fingerprint density at radius 2 is 2.10 bits per heavy atom. The van der Waals surface area contributed by atoms with E-state index in [-0.39, 0.29) is 36.0 Å². The Morgan fingerprint density at radius 3 is 2.75 bits per heavy atom. The molecule has 6 nitrogen and oxygen atoms in total. The highest BCUT2D eigenvalue weighted by Crippen LogP contribution is 2.25. The molecule has 0 bridgehead atoms. The first-order chi connectivity index (χ1) is 9.66. The maximum atomic E-state index is 11.5. The van der Waals surface area contributed by atoms with Crippen LogP contribution in [0, 0.1) is 5.92 Å². The van der Waals surface area contributed by atoms with E-state index in [9.17, 15) is 14.4 Å². The second-order valence-corrected chi connectivity index (χ2v) is 5.83. The van der Waals surface area contributed by atoms with Crippen LogP contribution in [-0.4, -0.2) is 40.9 Å². The summed E-state index contributed by atoms with van der Waals surface area (Å²) in [6.45, 7) is 0.492. The summed E-state index contributed by atoms with van der Waals surface area (Å²) in [6.07, 6.45) is 8.60. The lowest BCUT2D eigenvalue weighted by Crippen LogP contribution is -2.40. The molecule has 2 fully saturated rings. The number of hydrogen-bond donors (Lipinski definition) is 2. The molecule has 7 heteroatoms. The van der Waals surface area contributed by atoms with Crippen LogP contribution in [0.1, 0.15) is 25.7 Å². The third-order valence-electron chi connectivity index (χ3n) is 3.44. The van der Waals surface area contributed by atoms with Crippen molar-refractivity contribution >= 4 is 28.9 Å². The summed E-state index contributed by atoms with van der Waals surface area (Å²) < 4.78 is 0. The fourth-order valence-corrected chi connectivity index (χ4v) is 3.09. The number of hydrogen-bond acceptors (Lipinski definition) is 4. The van der Waals surface area contributed by atoms with Crippen molar-refractivity contribution < 1.29 is 14.4 Å². The van der Waals surface area contributed by atoms with Crippen LogP contribution in [-0.2, 0) is 4.79 Å². The summed E-state index contributed by atoms with van der Waals surface area (Å²) in [5.41, 5.74) is 0. The van der Waals surface area contributed by atoms with Gasteiger partial charge in [0.25, 0.3) is 5.24 Å². The van der Waals surface area contributed by atoms with Crippen molar-refractivity contribution in [1.82, 2.24) is 15.5 Å². The first kappa shape index (κ1) is 14.9. The minimum atomic E-state index is -0.314. The van der Waals surface area contributed by atoms with Gasteiger partial charge in [-0.05, 0) is 18.8 Å². The van der Waals surface area contributed by atoms with Gasteiger partial charge in [0.2, 0.25) is 5.91 Å². The van der Waals surface area contributed by atoms with Gasteiger partial charge in [0.15, 0.2) is 0 Å². The average Bonchev–Trinajstić information content (AvgIpc) is 3.03. The van der Waals surface area contributed by atoms with Crippen molar-refractivity contribution in [2.24, 2.45) is 5.92 Å². The molecule has 0 aromatic heterocycles. The van der Waals surface area contributed by atoms with E-state index in [4.69, 9.17) is 0 Å². The SMILES string of the molecule is O=C(N/C=C/C1CCCC1)NCCN1C(=O)CSC1=O. The predicted octanol–water partition coefficient (Wildman–Crippen LogP) is 1.68. The normalized spacial score (nSPS) is 20.1. The molecule has 0 aromatic carbocycles. The van der Waals surface area contributed by atoms with E-state index in [0.717, 1.165) is 11.8 Å². The number of carbonyl (C=O) groups excluding carboxylic acids is 3. The molecule has 2 rings (SSSR count). The summed E-state index contributed by atoms with van der Waals surface area (Å²) >= 11 is 0.998. The first-order valence-corrected chi connectivity index (χ1v) is 7.83. The van der Waals surface area contributed by atoms with E-state index in [2.05, 4.69) is 10.6 Å². The van der Waals surface area contributed by atoms with Gasteiger partial charge in [-0.3, -0.25) is 14.5 Å². The molecule has 2 N–H and O–H groups in total. The highest BCUT2D eigenvalue weighted by molar-refractivity contribution is 8.14. The molecule has 4 amide bonds. The van der Waals surface area contributed by atoms with Gasteiger partial charge in [0, 0.05) is 19.3 Å². The predicted molar refractivity (Wildman–Crippen MR) is 77.2 cm³/mol. The van der Waals surface area contributed by atoms with Crippen LogP contribution in [0.3, 0.4) is 0 Å². The van der Waals surface area contributed by atoms with Crippen LogP contribution >= 0.6 is 11.8 Å². The average molecular weight is 297 g/mol. The number of urea groups is 1. The number of nitrogens with zero attached hydrogens (tertiary/aromatic N) is 1. The standard InChI is InChI=1S/C13H19N3O3S/c17-11-9-20-13(19)16(11)8-7-15-12(18)14-6-5-10-3-1-2-4-10/h5-6,10H,1-4,7-9H2,(H2,14,15,18)/b6-5+. The van der Waals surface area contributed by atoms with E-state index in [1.165, 1.54) is 30.6 Å². The zero-order valence-corrected chi connectivity index (χ0v) is 12.1. The summed E-state index contributed by atoms with van der Waals surface area (Å²) in [6, 6.07) is -0.314. The second-order valence-electron chi connectivity index (χ2n) is 4.90. The molecule has 1 saturated carbocycles. The van der Waals surface area contributed by atoms with Gasteiger partial charge in [-0.15, -0.1) is 0 Å². The lowest BCUT2D eigenvalue weighted by Gasteiger charge is -2.12. The first-order valence-electron chi connectivity index (χ1n) is 6.85. The molecular weight excluding hydrogens is 278 g/mol. The van der Waals surface area contributed by atoms with Gasteiger partial charge < -0.3 is 10.6 Å². The van der Waals surface area contributed by atoms with E-state index in [1.807, 2.05) is 6.08 Å². The van der Waals surface area contributed by atoms with Crippen LogP contribution in [0.15, 0.2) is 12.3 Å². The number of nitrogens with one attached hydrogen (secondary N) is 2. The minimum absolute atomic E-state index is 0.191. The fourth-order valence-electron chi connectivity index (χ4n) is 2.34. The van der Waals surface area contributed by atoms with Crippen molar-refractivity contribution in [1.29, 1.82) is 0 Å². The molecule has 0 aromatic rings. The quantitative estimate of drug-likeness (QED) is 0.809. The fraction of sp³-hybridized carbons (Fsp3) is 0.615. The number of allylic oxidation sites excluding steroid dienone is 1. The van der Waals surface area contributed by atoms with Crippen molar-refractivity contribution in [3.63, 3.8) is 0 Å². The number of imide groups is 1. The maximum absolute atomic E-state index is 11.5. The molecule has 110 valence electrons. The lowest BCUT2D eigenvalue weighted by molar-refractivity contribution is -0.124. The lowest BCUT2D eigenvalue weighted by atomic mass is 10.1. The van der Waals surface area contributed by atoms with Gasteiger partial charge in [0.05, 0.1) is 5.75 Å². The van der Waals surface area contributed by atoms with Gasteiger partial charge >= 0.3 is 6.03 Å². The Morgan fingerprint density at radius 1 is 1.35 bits per heavy atom. The van der Waals surface area contributed by atoms with Gasteiger partial charge in [-0.1, -0.05) is 30.7 Å². The summed E-state index contributed by atoms with van der Waals surface area (Å²) in [5.74, 6) is 0.588. The smallest absolute Gasteiger partial charge is 0.318 e. The van der Waals surface area contributed by atoms with Crippen LogP contribution in [0.4, 0.5) is 9.59 Å². The molecular formula is C13H19N3O3S. The Hall–Kier alpha value is -1.50. The molecule has 0 unspecified atom stereocenters. The van der Waals surface area contributed by atoms with E-state index < -0.39 is 0 Å². The summed E-state index contributed by atoms with van der Waals surface area (Å²) in [4.78, 5) is 35.3. The molecule has 1 heterocycles. The summed E-state index contributed by atoms with van der Waals surface area (Å²) in [5, 5.41) is 5.01. The highest BCUT2D eigenvalue weighted by Gasteiger charge is 2.29. The second kappa shape index (κ2) is 7.33. The molecule has 0 spiro atoms. The molecule has 2 aliphatic rings. The Kier molecular flexibility index (Phi) is 5.46. The largest absolute Gasteiger partial charge is 0.336 e. The molecule has 1 aliphatic carbocycles. The highest BCUT2D eigenvalue weighted by atomic mass is 32.2. The van der Waals surface area contributed by atoms with Crippen LogP contribution in [0.25, 0.3) is 0 Å². The van der Waals surface area contributed by atoms with Gasteiger partial charge in [-0.25, -0.2) is 4.79 Å². The van der Waals surface area contributed by atoms with Crippen molar-refractivity contribution in [3.05, 3.63) is 12.3 Å². The molecule has 1 aliphatic heterocycles. The van der Waals surface area contributed by atoms with Gasteiger partial charge in [-0.2, -0.15) is 0 Å². The Balaban J connectivity index is 1.60. The van der Waals surface area contributed by atoms with E-state index in [1.54, 1.807) is 6.20 Å². The number of amides is 4. The Labute approximate surface area is 122 Å². The third-order valence-corrected chi connectivity index (χ3v) is 4.30. The minimum Gasteiger partial charge on any atom is -0.336 e. The topological polar surface area (TPSA) is 78.5 Å². The molecule has 0 radical (unpaired) electrons. The monoisotopic (exact) mass is 297 g/mol. The van der Waals surface area contributed by atoms with Crippen LogP contribution in [0.2, 0.25) is 0 Å². The van der Waals surface area contributed by atoms with Gasteiger partial charge in [0.1, 0.15) is 0 Å². The maximum Gasteiger partial charge on any atom is 0.318 e. The zero-order valence-electron chi connectivity index (χ0n) is 11.3. The molecule has 20 heavy (non-hydrogen) atoms. The third kappa shape index (κ3) is 4.26. The number of thioether (sulfide) groups is 1. The molecule has 0 atom stereocenters. The number of carbonyl (C=O) groups is 3. The van der Waals surface area contributed by atoms with Crippen molar-refractivity contribution in [3.8, 4) is 0 Å². The molecule has 1 saturated heterocycles. The van der Waals surface area contributed by atoms with E-state index in [0.29, 0.717) is 5.92 Å². The zero-order chi connectivity index (χ0) is 14.4. The summed E-state index contributed by atoms with van der Waals surface area (Å²) in [7, 11) is 0. The van der Waals surface area contributed by atoms with Crippen molar-refractivity contribution in [2.75, 3.05) is 18.8 Å². The number of rotatable bonds is 5. The van der Waals surface area contributed by atoms with Crippen LogP contribution < -0.4 is 10.6 Å². The van der Waals surface area contributed by atoms with Crippen LogP contribution in [0.5, 0.6) is 0 Å².